The molecule has 5 aromatic rings. The summed E-state index contributed by atoms with van der Waals surface area (Å²) in [6.45, 7) is 2.76. The van der Waals surface area contributed by atoms with Gasteiger partial charge in [-0.25, -0.2) is 13.2 Å². The van der Waals surface area contributed by atoms with Crippen LogP contribution < -0.4 is 5.32 Å². The molecule has 0 bridgehead atoms. The minimum atomic E-state index is -0.998. The largest absolute Gasteiger partial charge is 0.421 e. The summed E-state index contributed by atoms with van der Waals surface area (Å²) >= 11 is 1.17. The van der Waals surface area contributed by atoms with Gasteiger partial charge in [0.1, 0.15) is 5.82 Å². The summed E-state index contributed by atoms with van der Waals surface area (Å²) in [5.74, 6) is -2.41. The number of morpholine rings is 1. The Balaban J connectivity index is 1.31. The maximum Gasteiger partial charge on any atom is 0.261 e. The molecule has 0 saturated carbocycles. The van der Waals surface area contributed by atoms with Crippen LogP contribution in [0, 0.1) is 24.4 Å². The minimum Gasteiger partial charge on any atom is -0.421 e. The third kappa shape index (κ3) is 5.56. The van der Waals surface area contributed by atoms with Gasteiger partial charge in [-0.2, -0.15) is 0 Å². The van der Waals surface area contributed by atoms with Gasteiger partial charge in [-0.05, 0) is 60.4 Å². The Kier molecular flexibility index (Phi) is 7.87. The van der Waals surface area contributed by atoms with Crippen LogP contribution in [0.4, 0.5) is 13.2 Å². The van der Waals surface area contributed by atoms with E-state index in [-0.39, 0.29) is 30.2 Å². The Hall–Kier alpha value is -4.88. The summed E-state index contributed by atoms with van der Waals surface area (Å²) in [5.41, 5.74) is 3.90. The molecule has 234 valence electrons. The fourth-order valence-corrected chi connectivity index (χ4v) is 6.79. The zero-order chi connectivity index (χ0) is 31.9. The van der Waals surface area contributed by atoms with Crippen LogP contribution in [-0.4, -0.2) is 51.7 Å². The van der Waals surface area contributed by atoms with Gasteiger partial charge in [-0.15, -0.1) is 21.5 Å². The Labute approximate surface area is 265 Å². The monoisotopic (exact) mass is 645 g/mol. The van der Waals surface area contributed by atoms with Crippen LogP contribution >= 0.6 is 11.3 Å². The van der Waals surface area contributed by atoms with Crippen molar-refractivity contribution in [1.82, 2.24) is 25.4 Å². The van der Waals surface area contributed by atoms with Crippen molar-refractivity contribution in [2.45, 2.75) is 32.4 Å². The SMILES string of the molecule is Cc1nnc(-c2c(CCc3ccc(F)cc3)nc3c(c2-c2ccc(C(=O)NCc4ccc(F)c(F)c4)s2)C(=O)N2CCOC[C@H]32)o1. The van der Waals surface area contributed by atoms with Gasteiger partial charge in [0.15, 0.2) is 11.6 Å². The minimum absolute atomic E-state index is 0.0108. The van der Waals surface area contributed by atoms with Crippen LogP contribution in [0.5, 0.6) is 0 Å². The molecule has 1 fully saturated rings. The van der Waals surface area contributed by atoms with E-state index in [0.717, 1.165) is 17.7 Å². The molecule has 2 amide bonds. The molecular weight excluding hydrogens is 619 g/mol. The van der Waals surface area contributed by atoms with Crippen molar-refractivity contribution in [2.24, 2.45) is 0 Å². The molecule has 2 aliphatic rings. The van der Waals surface area contributed by atoms with E-state index in [1.165, 1.54) is 29.5 Å². The predicted molar refractivity (Wildman–Crippen MR) is 162 cm³/mol. The lowest BCUT2D eigenvalue weighted by atomic mass is 9.93. The zero-order valence-electron chi connectivity index (χ0n) is 24.5. The average Bonchev–Trinajstić information content (AvgIpc) is 3.79. The second-order valence-corrected chi connectivity index (χ2v) is 12.1. The fraction of sp³-hybridized carbons (Fsp3) is 0.242. The topological polar surface area (TPSA) is 110 Å². The quantitative estimate of drug-likeness (QED) is 0.226. The molecule has 7 rings (SSSR count). The molecule has 0 aliphatic carbocycles. The number of aromatic nitrogens is 3. The molecular formula is C33H26F3N5O4S. The molecule has 0 spiro atoms. The zero-order valence-corrected chi connectivity index (χ0v) is 25.3. The Bertz CT molecular complexity index is 1980. The molecule has 1 saturated heterocycles. The molecule has 0 unspecified atom stereocenters. The van der Waals surface area contributed by atoms with Crippen molar-refractivity contribution in [3.8, 4) is 21.9 Å². The number of nitrogens with zero attached hydrogens (tertiary/aromatic N) is 4. The summed E-state index contributed by atoms with van der Waals surface area (Å²) in [6, 6.07) is 12.7. The Morgan fingerprint density at radius 2 is 1.78 bits per heavy atom. The summed E-state index contributed by atoms with van der Waals surface area (Å²) in [7, 11) is 0. The molecule has 5 heterocycles. The van der Waals surface area contributed by atoms with Gasteiger partial charge in [-0.3, -0.25) is 14.6 Å². The number of fused-ring (bicyclic) bond motifs is 3. The van der Waals surface area contributed by atoms with Gasteiger partial charge >= 0.3 is 0 Å². The molecule has 2 aromatic carbocycles. The average molecular weight is 646 g/mol. The number of carbonyl (C=O) groups excluding carboxylic acids is 2. The number of amides is 2. The van der Waals surface area contributed by atoms with Gasteiger partial charge in [-0.1, -0.05) is 18.2 Å². The second kappa shape index (κ2) is 12.1. The third-order valence-electron chi connectivity index (χ3n) is 8.04. The highest BCUT2D eigenvalue weighted by atomic mass is 32.1. The van der Waals surface area contributed by atoms with Crippen molar-refractivity contribution in [3.63, 3.8) is 0 Å². The van der Waals surface area contributed by atoms with E-state index >= 15 is 0 Å². The summed E-state index contributed by atoms with van der Waals surface area (Å²) < 4.78 is 52.3. The lowest BCUT2D eigenvalue weighted by Gasteiger charge is -2.29. The van der Waals surface area contributed by atoms with E-state index < -0.39 is 17.5 Å². The van der Waals surface area contributed by atoms with Crippen molar-refractivity contribution >= 4 is 23.2 Å². The molecule has 2 aliphatic heterocycles. The van der Waals surface area contributed by atoms with Gasteiger partial charge in [0.2, 0.25) is 11.8 Å². The van der Waals surface area contributed by atoms with Crippen LogP contribution in [0.3, 0.4) is 0 Å². The number of ether oxygens (including phenoxy) is 1. The Morgan fingerprint density at radius 1 is 0.978 bits per heavy atom. The smallest absolute Gasteiger partial charge is 0.261 e. The van der Waals surface area contributed by atoms with E-state index in [4.69, 9.17) is 14.1 Å². The third-order valence-corrected chi connectivity index (χ3v) is 9.14. The first-order chi connectivity index (χ1) is 22.3. The number of carbonyl (C=O) groups is 2. The first-order valence-electron chi connectivity index (χ1n) is 14.6. The lowest BCUT2D eigenvalue weighted by molar-refractivity contribution is 0.00352. The van der Waals surface area contributed by atoms with E-state index in [0.29, 0.717) is 81.9 Å². The van der Waals surface area contributed by atoms with Crippen molar-refractivity contribution in [3.05, 3.63) is 111 Å². The van der Waals surface area contributed by atoms with Crippen LogP contribution in [-0.2, 0) is 24.1 Å². The van der Waals surface area contributed by atoms with Gasteiger partial charge in [0, 0.05) is 30.5 Å². The number of benzene rings is 2. The number of rotatable bonds is 8. The van der Waals surface area contributed by atoms with E-state index in [1.54, 1.807) is 36.1 Å². The molecule has 3 aromatic heterocycles. The summed E-state index contributed by atoms with van der Waals surface area (Å²) in [5, 5.41) is 11.1. The van der Waals surface area contributed by atoms with Crippen molar-refractivity contribution < 1.29 is 31.9 Å². The predicted octanol–water partition coefficient (Wildman–Crippen LogP) is 5.83. The van der Waals surface area contributed by atoms with Gasteiger partial charge in [0.25, 0.3) is 11.8 Å². The molecule has 46 heavy (non-hydrogen) atoms. The molecule has 1 atom stereocenters. The normalized spacial score (nSPS) is 15.6. The van der Waals surface area contributed by atoms with Crippen LogP contribution in [0.2, 0.25) is 0 Å². The van der Waals surface area contributed by atoms with Crippen LogP contribution in [0.15, 0.2) is 59.0 Å². The summed E-state index contributed by atoms with van der Waals surface area (Å²) in [4.78, 5) is 34.9. The molecule has 13 heteroatoms. The van der Waals surface area contributed by atoms with Gasteiger partial charge < -0.3 is 19.4 Å². The highest BCUT2D eigenvalue weighted by Crippen LogP contribution is 2.47. The number of pyridine rings is 1. The maximum absolute atomic E-state index is 14.0. The highest BCUT2D eigenvalue weighted by Gasteiger charge is 2.44. The molecule has 1 N–H and O–H groups in total. The van der Waals surface area contributed by atoms with E-state index in [1.807, 2.05) is 0 Å². The number of aryl methyl sites for hydroxylation is 3. The number of thiophene rings is 1. The standard InChI is InChI=1S/C33H26F3N5O4S/c1-17-39-40-32(45-17)27-23(9-5-18-2-6-20(34)7-3-18)38-30-24-16-44-13-12-41(24)33(43)29(30)28(27)25-10-11-26(46-25)31(42)37-15-19-4-8-21(35)22(36)14-19/h2-4,6-8,10-11,14,24H,5,9,12-13,15-16H2,1H3,(H,37,42)/t24-/m1/s1. The summed E-state index contributed by atoms with van der Waals surface area (Å²) in [6.07, 6.45) is 0.934. The number of hydrogen-bond acceptors (Lipinski definition) is 8. The number of hydrogen-bond donors (Lipinski definition) is 1. The first kappa shape index (κ1) is 29.8. The van der Waals surface area contributed by atoms with Crippen molar-refractivity contribution in [2.75, 3.05) is 19.8 Å². The second-order valence-electron chi connectivity index (χ2n) is 11.0. The van der Waals surface area contributed by atoms with E-state index in [2.05, 4.69) is 15.5 Å². The Morgan fingerprint density at radius 3 is 2.54 bits per heavy atom. The highest BCUT2D eigenvalue weighted by molar-refractivity contribution is 7.17. The van der Waals surface area contributed by atoms with Gasteiger partial charge in [0.05, 0.1) is 46.6 Å². The molecule has 9 nitrogen and oxygen atoms in total. The number of halogens is 3. The maximum atomic E-state index is 14.0. The lowest BCUT2D eigenvalue weighted by Crippen LogP contribution is -2.38. The number of nitrogens with one attached hydrogen (secondary N) is 1. The first-order valence-corrected chi connectivity index (χ1v) is 15.4. The van der Waals surface area contributed by atoms with Crippen molar-refractivity contribution in [1.29, 1.82) is 0 Å². The van der Waals surface area contributed by atoms with Crippen LogP contribution in [0.1, 0.15) is 54.5 Å². The van der Waals surface area contributed by atoms with E-state index in [9.17, 15) is 22.8 Å². The molecule has 0 radical (unpaired) electrons. The fourth-order valence-electron chi connectivity index (χ4n) is 5.81. The van der Waals surface area contributed by atoms with Crippen LogP contribution in [0.25, 0.3) is 21.9 Å².